The van der Waals surface area contributed by atoms with Gasteiger partial charge in [0.15, 0.2) is 5.65 Å². The number of nitrogens with zero attached hydrogens (tertiary/aromatic N) is 7. The summed E-state index contributed by atoms with van der Waals surface area (Å²) in [5.74, 6) is -6.56. The molecule has 7 rings (SSSR count). The van der Waals surface area contributed by atoms with Crippen LogP contribution < -0.4 is 15.5 Å². The highest BCUT2D eigenvalue weighted by atomic mass is 19.4. The number of morpholine rings is 1. The fourth-order valence-corrected chi connectivity index (χ4v) is 7.89. The number of nitrogens with one attached hydrogen (secondary N) is 2. The highest BCUT2D eigenvalue weighted by molar-refractivity contribution is 5.92. The van der Waals surface area contributed by atoms with E-state index in [1.165, 1.54) is 10.7 Å². The van der Waals surface area contributed by atoms with Crippen molar-refractivity contribution in [1.82, 2.24) is 39.9 Å². The Morgan fingerprint density at radius 2 is 2.00 bits per heavy atom. The molecule has 272 valence electrons. The maximum Gasteiger partial charge on any atom is 0.393 e. The molecule has 50 heavy (non-hydrogen) atoms. The number of anilines is 1. The van der Waals surface area contributed by atoms with Gasteiger partial charge in [-0.15, -0.1) is 0 Å². The van der Waals surface area contributed by atoms with Crippen LogP contribution in [0.4, 0.5) is 27.6 Å². The number of amides is 2. The predicted octanol–water partition coefficient (Wildman–Crippen LogP) is 3.62. The Kier molecular flexibility index (Phi) is 9.47. The number of hydrogen-bond acceptors (Lipinski definition) is 8. The van der Waals surface area contributed by atoms with Crippen LogP contribution in [0.15, 0.2) is 24.5 Å². The number of alkyl halides is 5. The highest BCUT2D eigenvalue weighted by Crippen LogP contribution is 2.42. The number of aryl methyl sites for hydroxylation is 1. The van der Waals surface area contributed by atoms with Crippen molar-refractivity contribution in [1.29, 1.82) is 0 Å². The number of carbonyl (C=O) groups is 2. The Balaban J connectivity index is 1.25. The van der Waals surface area contributed by atoms with Crippen molar-refractivity contribution in [2.24, 2.45) is 17.8 Å². The molecule has 17 heteroatoms. The minimum atomic E-state index is -4.44. The molecule has 3 saturated heterocycles. The lowest BCUT2D eigenvalue weighted by atomic mass is 9.81. The zero-order chi connectivity index (χ0) is 35.2. The molecule has 2 N–H and O–H groups in total. The third kappa shape index (κ3) is 7.16. The van der Waals surface area contributed by atoms with Gasteiger partial charge in [-0.2, -0.15) is 23.4 Å². The monoisotopic (exact) mass is 707 g/mol. The van der Waals surface area contributed by atoms with Crippen LogP contribution in [-0.2, 0) is 22.5 Å². The minimum Gasteiger partial charge on any atom is -0.378 e. The van der Waals surface area contributed by atoms with Gasteiger partial charge in [0.1, 0.15) is 5.69 Å². The van der Waals surface area contributed by atoms with Gasteiger partial charge < -0.3 is 20.3 Å². The van der Waals surface area contributed by atoms with E-state index in [-0.39, 0.29) is 50.5 Å². The molecule has 0 unspecified atom stereocenters. The van der Waals surface area contributed by atoms with Gasteiger partial charge in [0.25, 0.3) is 5.91 Å². The first-order chi connectivity index (χ1) is 23.9. The summed E-state index contributed by atoms with van der Waals surface area (Å²) in [6.07, 6.45) is -1.91. The van der Waals surface area contributed by atoms with E-state index in [0.29, 0.717) is 61.3 Å². The number of aromatic nitrogens is 5. The van der Waals surface area contributed by atoms with Gasteiger partial charge in [0.2, 0.25) is 11.8 Å². The summed E-state index contributed by atoms with van der Waals surface area (Å²) in [5, 5.41) is 14.5. The maximum absolute atomic E-state index is 14.2. The van der Waals surface area contributed by atoms with E-state index in [2.05, 4.69) is 25.5 Å². The lowest BCUT2D eigenvalue weighted by Gasteiger charge is -2.45. The fraction of sp³-hybridized carbons (Fsp3) is 0.667. The van der Waals surface area contributed by atoms with E-state index in [1.807, 2.05) is 13.0 Å². The third-order valence-corrected chi connectivity index (χ3v) is 10.8. The summed E-state index contributed by atoms with van der Waals surface area (Å²) < 4.78 is 78.5. The Labute approximate surface area is 285 Å². The second-order valence-corrected chi connectivity index (χ2v) is 14.0. The molecule has 4 fully saturated rings. The molecule has 0 aromatic carbocycles. The number of ether oxygens (including phenoxy) is 1. The highest BCUT2D eigenvalue weighted by Gasteiger charge is 2.45. The fourth-order valence-electron chi connectivity index (χ4n) is 7.89. The van der Waals surface area contributed by atoms with E-state index >= 15 is 0 Å². The van der Waals surface area contributed by atoms with Crippen molar-refractivity contribution in [3.8, 4) is 0 Å². The van der Waals surface area contributed by atoms with E-state index in [4.69, 9.17) is 14.8 Å². The second-order valence-electron chi connectivity index (χ2n) is 14.0. The molecule has 2 amide bonds. The number of piperazine rings is 1. The molecule has 0 radical (unpaired) electrons. The van der Waals surface area contributed by atoms with Crippen molar-refractivity contribution >= 4 is 23.1 Å². The van der Waals surface area contributed by atoms with E-state index in [0.717, 1.165) is 13.1 Å². The van der Waals surface area contributed by atoms with E-state index in [1.54, 1.807) is 16.9 Å². The molecular weight excluding hydrogens is 665 g/mol. The maximum atomic E-state index is 14.2. The number of fused-ring (bicyclic) bond motifs is 2. The molecule has 6 heterocycles. The molecule has 4 aliphatic rings. The number of rotatable bonds is 8. The van der Waals surface area contributed by atoms with Crippen LogP contribution in [0.25, 0.3) is 5.65 Å². The molecule has 4 atom stereocenters. The largest absolute Gasteiger partial charge is 0.393 e. The topological polar surface area (TPSA) is 122 Å². The Hall–Kier alpha value is -3.86. The van der Waals surface area contributed by atoms with Crippen LogP contribution in [-0.4, -0.2) is 105 Å². The summed E-state index contributed by atoms with van der Waals surface area (Å²) >= 11 is 0. The minimum absolute atomic E-state index is 0.0164. The number of hydrogen-bond donors (Lipinski definition) is 2. The van der Waals surface area contributed by atoms with Gasteiger partial charge in [-0.1, -0.05) is 0 Å². The SMILES string of the molecule is CCn1nccc1C(=O)N[C@H](c1cn2nc(C[C@H]3C[C@@H](C(F)(F)F)CNC3=O)c(N3CCN4CCOC[C@@H]4C3)cc2n1)C1CCC(F)(F)CC1. The molecule has 0 bridgehead atoms. The Morgan fingerprint density at radius 3 is 2.76 bits per heavy atom. The second kappa shape index (κ2) is 13.7. The zero-order valence-electron chi connectivity index (χ0n) is 27.8. The van der Waals surface area contributed by atoms with E-state index in [9.17, 15) is 31.5 Å². The quantitative estimate of drug-likeness (QED) is 0.341. The van der Waals surface area contributed by atoms with Crippen molar-refractivity contribution in [3.63, 3.8) is 0 Å². The van der Waals surface area contributed by atoms with Gasteiger partial charge in [0, 0.05) is 76.7 Å². The van der Waals surface area contributed by atoms with Gasteiger partial charge >= 0.3 is 6.18 Å². The summed E-state index contributed by atoms with van der Waals surface area (Å²) in [6, 6.07) is 2.82. The average molecular weight is 708 g/mol. The van der Waals surface area contributed by atoms with Crippen LogP contribution in [0.2, 0.25) is 0 Å². The third-order valence-electron chi connectivity index (χ3n) is 10.8. The Bertz CT molecular complexity index is 1700. The van der Waals surface area contributed by atoms with Gasteiger partial charge in [0.05, 0.1) is 54.5 Å². The molecule has 3 aliphatic heterocycles. The smallest absolute Gasteiger partial charge is 0.378 e. The average Bonchev–Trinajstić information content (AvgIpc) is 3.74. The number of halogens is 5. The van der Waals surface area contributed by atoms with Crippen molar-refractivity contribution < 1.29 is 36.3 Å². The molecule has 12 nitrogen and oxygen atoms in total. The molecule has 3 aromatic heterocycles. The van der Waals surface area contributed by atoms with Crippen LogP contribution in [0.1, 0.15) is 66.9 Å². The predicted molar refractivity (Wildman–Crippen MR) is 171 cm³/mol. The number of imidazole rings is 1. The van der Waals surface area contributed by atoms with Crippen molar-refractivity contribution in [2.75, 3.05) is 50.8 Å². The van der Waals surface area contributed by atoms with Gasteiger partial charge in [-0.3, -0.25) is 19.2 Å². The standard InChI is InChI=1S/C33H42F5N9O3/c1-2-46-26(5-8-40-46)31(49)42-29(20-3-6-32(34,35)7-4-20)25-18-47-28(41-25)15-27(45-10-9-44-11-12-50-19-23(44)17-45)24(43-47)14-21-13-22(33(36,37)38)16-39-30(21)48/h5,8,15,18,20-23,29H,2-4,6-7,9-14,16-17,19H2,1H3,(H,39,48)(H,42,49)/t21-,22-,23+,29+/m1/s1. The van der Waals surface area contributed by atoms with Crippen molar-refractivity contribution in [2.45, 2.75) is 76.2 Å². The first-order valence-electron chi connectivity index (χ1n) is 17.4. The Morgan fingerprint density at radius 1 is 1.20 bits per heavy atom. The summed E-state index contributed by atoms with van der Waals surface area (Å²) in [5.41, 5.74) is 2.33. The normalized spacial score (nSPS) is 25.7. The van der Waals surface area contributed by atoms with Crippen LogP contribution in [0.3, 0.4) is 0 Å². The molecular formula is C33H42F5N9O3. The first kappa shape index (κ1) is 34.6. The molecule has 3 aromatic rings. The summed E-state index contributed by atoms with van der Waals surface area (Å²) in [4.78, 5) is 35.8. The van der Waals surface area contributed by atoms with E-state index < -0.39 is 48.3 Å². The first-order valence-corrected chi connectivity index (χ1v) is 17.4. The van der Waals surface area contributed by atoms with Gasteiger partial charge in [-0.25, -0.2) is 18.3 Å². The van der Waals surface area contributed by atoms with Crippen LogP contribution in [0.5, 0.6) is 0 Å². The number of piperidine rings is 1. The zero-order valence-corrected chi connectivity index (χ0v) is 27.8. The molecule has 0 spiro atoms. The van der Waals surface area contributed by atoms with Gasteiger partial charge in [-0.05, 0) is 38.2 Å². The summed E-state index contributed by atoms with van der Waals surface area (Å²) in [7, 11) is 0. The van der Waals surface area contributed by atoms with Crippen LogP contribution in [0, 0.1) is 17.8 Å². The summed E-state index contributed by atoms with van der Waals surface area (Å²) in [6.45, 7) is 5.87. The number of carbonyl (C=O) groups excluding carboxylic acids is 2. The lowest BCUT2D eigenvalue weighted by molar-refractivity contribution is -0.183. The van der Waals surface area contributed by atoms with Crippen LogP contribution >= 0.6 is 0 Å². The molecule has 1 aliphatic carbocycles. The molecule has 1 saturated carbocycles. The van der Waals surface area contributed by atoms with Crippen molar-refractivity contribution in [3.05, 3.63) is 41.6 Å². The lowest BCUT2D eigenvalue weighted by Crippen LogP contribution is -2.58.